The van der Waals surface area contributed by atoms with Crippen LogP contribution in [0, 0.1) is 24.6 Å². The molecule has 35 heavy (non-hydrogen) atoms. The highest BCUT2D eigenvalue weighted by molar-refractivity contribution is 5.79. The van der Waals surface area contributed by atoms with E-state index in [4.69, 9.17) is 4.74 Å². The summed E-state index contributed by atoms with van der Waals surface area (Å²) in [5.41, 5.74) is 5.58. The van der Waals surface area contributed by atoms with Crippen LogP contribution in [0.5, 0.6) is 5.75 Å². The summed E-state index contributed by atoms with van der Waals surface area (Å²) in [6.45, 7) is 13.0. The van der Waals surface area contributed by atoms with Crippen LogP contribution in [0.15, 0.2) is 30.3 Å². The number of benzene rings is 2. The zero-order chi connectivity index (χ0) is 24.9. The Hall–Kier alpha value is -2.40. The van der Waals surface area contributed by atoms with Crippen LogP contribution < -0.4 is 4.74 Å². The molecule has 4 rings (SSSR count). The molecule has 0 N–H and O–H groups in total. The number of halogens is 1. The molecule has 5 heteroatoms. The van der Waals surface area contributed by atoms with E-state index in [1.807, 2.05) is 13.0 Å². The van der Waals surface area contributed by atoms with Gasteiger partial charge in [-0.15, -0.1) is 0 Å². The van der Waals surface area contributed by atoms with Gasteiger partial charge in [-0.1, -0.05) is 39.0 Å². The van der Waals surface area contributed by atoms with E-state index >= 15 is 0 Å². The fourth-order valence-electron chi connectivity index (χ4n) is 5.70. The molecule has 0 radical (unpaired) electrons. The zero-order valence-electron chi connectivity index (χ0n) is 21.9. The highest BCUT2D eigenvalue weighted by atomic mass is 19.1. The summed E-state index contributed by atoms with van der Waals surface area (Å²) in [5, 5.41) is 0. The van der Waals surface area contributed by atoms with Crippen LogP contribution in [0.1, 0.15) is 67.9 Å². The highest BCUT2D eigenvalue weighted by Gasteiger charge is 2.32. The van der Waals surface area contributed by atoms with Crippen molar-refractivity contribution < 1.29 is 13.9 Å². The van der Waals surface area contributed by atoms with Gasteiger partial charge in [0.2, 0.25) is 5.91 Å². The Morgan fingerprint density at radius 3 is 2.86 bits per heavy atom. The summed E-state index contributed by atoms with van der Waals surface area (Å²) in [5.74, 6) is 1.51. The topological polar surface area (TPSA) is 32.8 Å². The Morgan fingerprint density at radius 1 is 1.26 bits per heavy atom. The minimum absolute atomic E-state index is 0.00874. The third-order valence-electron chi connectivity index (χ3n) is 7.43. The van der Waals surface area contributed by atoms with E-state index in [0.29, 0.717) is 25.4 Å². The van der Waals surface area contributed by atoms with Gasteiger partial charge in [-0.05, 0) is 91.4 Å². The van der Waals surface area contributed by atoms with Crippen LogP contribution in [0.3, 0.4) is 0 Å². The van der Waals surface area contributed by atoms with Gasteiger partial charge in [0.25, 0.3) is 0 Å². The lowest BCUT2D eigenvalue weighted by atomic mass is 9.99. The van der Waals surface area contributed by atoms with Crippen LogP contribution >= 0.6 is 0 Å². The molecule has 2 aliphatic rings. The van der Waals surface area contributed by atoms with E-state index in [0.717, 1.165) is 67.9 Å². The van der Waals surface area contributed by atoms with E-state index in [2.05, 4.69) is 42.7 Å². The van der Waals surface area contributed by atoms with Crippen molar-refractivity contribution in [2.75, 3.05) is 26.2 Å². The van der Waals surface area contributed by atoms with E-state index in [1.54, 1.807) is 6.07 Å². The van der Waals surface area contributed by atoms with Gasteiger partial charge in [0.1, 0.15) is 11.6 Å². The molecular formula is C30H41FN2O2. The standard InChI is InChI=1S/C30H41FN2O2/c1-5-26-24(9-8-11-28(26)31)19-32-13-12-25(20-32)30(34)33(17-21(2)3)18-23-15-22(4)27-10-6-7-14-35-29(27)16-23/h8-9,11,15-16,21,25H,5-7,10,12-14,17-20H2,1-4H3. The first-order chi connectivity index (χ1) is 16.9. The van der Waals surface area contributed by atoms with Crippen molar-refractivity contribution in [2.45, 2.75) is 72.9 Å². The largest absolute Gasteiger partial charge is 0.493 e. The minimum Gasteiger partial charge on any atom is -0.493 e. The molecule has 0 aliphatic carbocycles. The Morgan fingerprint density at radius 2 is 2.09 bits per heavy atom. The molecule has 0 spiro atoms. The van der Waals surface area contributed by atoms with Crippen molar-refractivity contribution >= 4 is 5.91 Å². The molecule has 2 aromatic carbocycles. The van der Waals surface area contributed by atoms with Gasteiger partial charge < -0.3 is 9.64 Å². The van der Waals surface area contributed by atoms with E-state index in [9.17, 15) is 9.18 Å². The van der Waals surface area contributed by atoms with Crippen molar-refractivity contribution in [3.63, 3.8) is 0 Å². The molecule has 0 bridgehead atoms. The molecule has 1 fully saturated rings. The summed E-state index contributed by atoms with van der Waals surface area (Å²) in [6.07, 6.45) is 4.87. The van der Waals surface area contributed by atoms with Gasteiger partial charge in [0, 0.05) is 26.2 Å². The number of aryl methyl sites for hydroxylation is 1. The lowest BCUT2D eigenvalue weighted by Gasteiger charge is -2.28. The average Bonchev–Trinajstić information content (AvgIpc) is 3.14. The maximum absolute atomic E-state index is 14.2. The minimum atomic E-state index is -0.125. The highest BCUT2D eigenvalue weighted by Crippen LogP contribution is 2.30. The van der Waals surface area contributed by atoms with Gasteiger partial charge in [0.15, 0.2) is 0 Å². The van der Waals surface area contributed by atoms with Gasteiger partial charge in [-0.3, -0.25) is 9.69 Å². The zero-order valence-corrected chi connectivity index (χ0v) is 21.9. The molecule has 190 valence electrons. The van der Waals surface area contributed by atoms with Gasteiger partial charge in [-0.2, -0.15) is 0 Å². The lowest BCUT2D eigenvalue weighted by Crippen LogP contribution is -2.39. The molecule has 1 amide bonds. The number of hydrogen-bond acceptors (Lipinski definition) is 3. The number of likely N-dealkylation sites (tertiary alicyclic amines) is 1. The van der Waals surface area contributed by atoms with Crippen molar-refractivity contribution in [3.8, 4) is 5.75 Å². The Kier molecular flexibility index (Phi) is 8.48. The van der Waals surface area contributed by atoms with Crippen LogP contribution in [-0.4, -0.2) is 41.9 Å². The second kappa shape index (κ2) is 11.6. The quantitative estimate of drug-likeness (QED) is 0.470. The number of ether oxygens (including phenoxy) is 1. The van der Waals surface area contributed by atoms with Crippen molar-refractivity contribution in [1.29, 1.82) is 0 Å². The second-order valence-electron chi connectivity index (χ2n) is 10.8. The third kappa shape index (κ3) is 6.24. The number of nitrogens with zero attached hydrogens (tertiary/aromatic N) is 2. The van der Waals surface area contributed by atoms with E-state index in [-0.39, 0.29) is 17.6 Å². The normalized spacial score (nSPS) is 18.3. The molecule has 2 aromatic rings. The van der Waals surface area contributed by atoms with E-state index in [1.165, 1.54) is 23.6 Å². The number of carbonyl (C=O) groups is 1. The summed E-state index contributed by atoms with van der Waals surface area (Å²) < 4.78 is 20.3. The SMILES string of the molecule is CCc1c(F)cccc1CN1CCC(C(=O)N(Cc2cc(C)c3c(c2)OCCCC3)CC(C)C)C1. The molecule has 2 aliphatic heterocycles. The summed E-state index contributed by atoms with van der Waals surface area (Å²) in [7, 11) is 0. The number of hydrogen-bond donors (Lipinski definition) is 0. The lowest BCUT2D eigenvalue weighted by molar-refractivity contribution is -0.136. The van der Waals surface area contributed by atoms with E-state index < -0.39 is 0 Å². The molecule has 1 saturated heterocycles. The predicted octanol–water partition coefficient (Wildman–Crippen LogP) is 5.92. The average molecular weight is 481 g/mol. The molecular weight excluding hydrogens is 439 g/mol. The second-order valence-corrected chi connectivity index (χ2v) is 10.8. The molecule has 1 atom stereocenters. The van der Waals surface area contributed by atoms with Crippen LogP contribution in [0.2, 0.25) is 0 Å². The van der Waals surface area contributed by atoms with Crippen LogP contribution in [-0.2, 0) is 30.7 Å². The predicted molar refractivity (Wildman–Crippen MR) is 139 cm³/mol. The van der Waals surface area contributed by atoms with Crippen molar-refractivity contribution in [3.05, 3.63) is 64.0 Å². The fourth-order valence-corrected chi connectivity index (χ4v) is 5.70. The number of amides is 1. The Labute approximate surface area is 210 Å². The Bertz CT molecular complexity index is 1040. The van der Waals surface area contributed by atoms with Crippen molar-refractivity contribution in [2.24, 2.45) is 11.8 Å². The molecule has 0 aromatic heterocycles. The van der Waals surface area contributed by atoms with Crippen LogP contribution in [0.4, 0.5) is 4.39 Å². The molecule has 0 saturated carbocycles. The molecule has 4 nitrogen and oxygen atoms in total. The first-order valence-corrected chi connectivity index (χ1v) is 13.4. The monoisotopic (exact) mass is 480 g/mol. The summed E-state index contributed by atoms with van der Waals surface area (Å²) in [4.78, 5) is 18.1. The number of rotatable bonds is 8. The number of fused-ring (bicyclic) bond motifs is 1. The first kappa shape index (κ1) is 25.7. The smallest absolute Gasteiger partial charge is 0.227 e. The van der Waals surface area contributed by atoms with Crippen molar-refractivity contribution in [1.82, 2.24) is 9.80 Å². The molecule has 1 unspecified atom stereocenters. The first-order valence-electron chi connectivity index (χ1n) is 13.4. The maximum atomic E-state index is 14.2. The van der Waals surface area contributed by atoms with Gasteiger partial charge in [-0.25, -0.2) is 4.39 Å². The fraction of sp³-hybridized carbons (Fsp3) is 0.567. The summed E-state index contributed by atoms with van der Waals surface area (Å²) >= 11 is 0. The van der Waals surface area contributed by atoms with Gasteiger partial charge in [0.05, 0.1) is 12.5 Å². The molecule has 2 heterocycles. The Balaban J connectivity index is 1.46. The summed E-state index contributed by atoms with van der Waals surface area (Å²) in [6, 6.07) is 9.75. The van der Waals surface area contributed by atoms with Gasteiger partial charge >= 0.3 is 0 Å². The van der Waals surface area contributed by atoms with Crippen LogP contribution in [0.25, 0.3) is 0 Å². The number of carbonyl (C=O) groups excluding carboxylic acids is 1. The maximum Gasteiger partial charge on any atom is 0.227 e. The third-order valence-corrected chi connectivity index (χ3v) is 7.43.